The SMILES string of the molecule is CCn1ccc2cc(-c3cccc(F)c3OC3CCCCC3)ccc21. The number of halogens is 1. The van der Waals surface area contributed by atoms with Crippen LogP contribution in [0, 0.1) is 5.82 Å². The second-order valence-corrected chi connectivity index (χ2v) is 6.87. The summed E-state index contributed by atoms with van der Waals surface area (Å²) in [6.45, 7) is 3.08. The Balaban J connectivity index is 1.73. The molecule has 25 heavy (non-hydrogen) atoms. The molecule has 1 aliphatic carbocycles. The van der Waals surface area contributed by atoms with Crippen molar-refractivity contribution in [1.29, 1.82) is 0 Å². The summed E-state index contributed by atoms with van der Waals surface area (Å²) in [4.78, 5) is 0. The summed E-state index contributed by atoms with van der Waals surface area (Å²) < 4.78 is 22.9. The van der Waals surface area contributed by atoms with Crippen LogP contribution in [-0.4, -0.2) is 10.7 Å². The molecule has 0 aliphatic heterocycles. The zero-order valence-corrected chi connectivity index (χ0v) is 14.7. The highest BCUT2D eigenvalue weighted by molar-refractivity contribution is 5.86. The third kappa shape index (κ3) is 3.15. The number of aromatic nitrogens is 1. The van der Waals surface area contributed by atoms with Gasteiger partial charge in [0.15, 0.2) is 11.6 Å². The van der Waals surface area contributed by atoms with Crippen molar-refractivity contribution < 1.29 is 9.13 Å². The Hall–Kier alpha value is -2.29. The number of para-hydroxylation sites is 1. The Kier molecular flexibility index (Phi) is 4.48. The zero-order valence-electron chi connectivity index (χ0n) is 14.7. The van der Waals surface area contributed by atoms with Crippen LogP contribution in [-0.2, 0) is 6.54 Å². The first-order chi connectivity index (χ1) is 12.3. The molecule has 1 saturated carbocycles. The minimum atomic E-state index is -0.269. The van der Waals surface area contributed by atoms with Gasteiger partial charge in [-0.3, -0.25) is 0 Å². The van der Waals surface area contributed by atoms with Crippen LogP contribution < -0.4 is 4.74 Å². The van der Waals surface area contributed by atoms with E-state index in [1.165, 1.54) is 36.2 Å². The number of hydrogen-bond donors (Lipinski definition) is 0. The van der Waals surface area contributed by atoms with Crippen LogP contribution in [0.3, 0.4) is 0 Å². The van der Waals surface area contributed by atoms with E-state index < -0.39 is 0 Å². The molecule has 0 unspecified atom stereocenters. The summed E-state index contributed by atoms with van der Waals surface area (Å²) in [7, 11) is 0. The van der Waals surface area contributed by atoms with Crippen LogP contribution in [0.15, 0.2) is 48.7 Å². The molecule has 1 heterocycles. The summed E-state index contributed by atoms with van der Waals surface area (Å²) >= 11 is 0. The van der Waals surface area contributed by atoms with Crippen LogP contribution in [0.5, 0.6) is 5.75 Å². The quantitative estimate of drug-likeness (QED) is 0.554. The van der Waals surface area contributed by atoms with Gasteiger partial charge in [-0.2, -0.15) is 0 Å². The molecule has 2 nitrogen and oxygen atoms in total. The van der Waals surface area contributed by atoms with Crippen molar-refractivity contribution in [3.63, 3.8) is 0 Å². The van der Waals surface area contributed by atoms with E-state index in [-0.39, 0.29) is 11.9 Å². The van der Waals surface area contributed by atoms with Gasteiger partial charge < -0.3 is 9.30 Å². The number of ether oxygens (including phenoxy) is 1. The molecule has 0 N–H and O–H groups in total. The van der Waals surface area contributed by atoms with Crippen LogP contribution in [0.4, 0.5) is 4.39 Å². The van der Waals surface area contributed by atoms with Gasteiger partial charge >= 0.3 is 0 Å². The molecule has 0 bridgehead atoms. The molecule has 1 aliphatic rings. The Morgan fingerprint density at radius 2 is 1.92 bits per heavy atom. The minimum Gasteiger partial charge on any atom is -0.487 e. The minimum absolute atomic E-state index is 0.134. The molecule has 3 aromatic rings. The fraction of sp³-hybridized carbons (Fsp3) is 0.364. The maximum atomic E-state index is 14.5. The normalized spacial score (nSPS) is 15.6. The average molecular weight is 337 g/mol. The van der Waals surface area contributed by atoms with Gasteiger partial charge in [0.25, 0.3) is 0 Å². The molecule has 0 saturated heterocycles. The average Bonchev–Trinajstić information content (AvgIpc) is 3.06. The lowest BCUT2D eigenvalue weighted by molar-refractivity contribution is 0.149. The molecule has 0 spiro atoms. The van der Waals surface area contributed by atoms with Gasteiger partial charge in [-0.05, 0) is 62.4 Å². The Labute approximate surface area is 148 Å². The Bertz CT molecular complexity index is 877. The number of fused-ring (bicyclic) bond motifs is 1. The summed E-state index contributed by atoms with van der Waals surface area (Å²) in [5.41, 5.74) is 3.06. The Morgan fingerprint density at radius 1 is 1.08 bits per heavy atom. The molecular formula is C22H24FNO. The Morgan fingerprint density at radius 3 is 2.72 bits per heavy atom. The van der Waals surface area contributed by atoms with E-state index in [1.54, 1.807) is 6.07 Å². The van der Waals surface area contributed by atoms with Crippen molar-refractivity contribution in [3.8, 4) is 16.9 Å². The third-order valence-electron chi connectivity index (χ3n) is 5.23. The van der Waals surface area contributed by atoms with Gasteiger partial charge in [0, 0.05) is 29.2 Å². The predicted octanol–water partition coefficient (Wildman–Crippen LogP) is 6.18. The highest BCUT2D eigenvalue weighted by atomic mass is 19.1. The highest BCUT2D eigenvalue weighted by Crippen LogP contribution is 2.36. The number of benzene rings is 2. The number of rotatable bonds is 4. The number of aryl methyl sites for hydroxylation is 1. The molecule has 0 atom stereocenters. The fourth-order valence-electron chi connectivity index (χ4n) is 3.85. The van der Waals surface area contributed by atoms with Crippen molar-refractivity contribution in [3.05, 3.63) is 54.5 Å². The molecule has 2 aromatic carbocycles. The zero-order chi connectivity index (χ0) is 17.2. The molecule has 1 aromatic heterocycles. The van der Waals surface area contributed by atoms with E-state index in [9.17, 15) is 4.39 Å². The molecular weight excluding hydrogens is 313 g/mol. The maximum Gasteiger partial charge on any atom is 0.165 e. The van der Waals surface area contributed by atoms with Gasteiger partial charge in [0.1, 0.15) is 0 Å². The first-order valence-electron chi connectivity index (χ1n) is 9.30. The molecule has 1 fully saturated rings. The summed E-state index contributed by atoms with van der Waals surface area (Å²) in [5, 5.41) is 1.17. The van der Waals surface area contributed by atoms with Gasteiger partial charge in [-0.25, -0.2) is 4.39 Å². The van der Waals surface area contributed by atoms with E-state index in [0.29, 0.717) is 5.75 Å². The monoisotopic (exact) mass is 337 g/mol. The van der Waals surface area contributed by atoms with Gasteiger partial charge in [-0.1, -0.05) is 24.6 Å². The molecule has 130 valence electrons. The van der Waals surface area contributed by atoms with E-state index in [4.69, 9.17) is 4.74 Å². The number of nitrogens with zero attached hydrogens (tertiary/aromatic N) is 1. The maximum absolute atomic E-state index is 14.5. The van der Waals surface area contributed by atoms with Crippen molar-refractivity contribution in [2.75, 3.05) is 0 Å². The second kappa shape index (κ2) is 6.91. The molecule has 3 heteroatoms. The van der Waals surface area contributed by atoms with Crippen molar-refractivity contribution in [1.82, 2.24) is 4.57 Å². The fourth-order valence-corrected chi connectivity index (χ4v) is 3.85. The second-order valence-electron chi connectivity index (χ2n) is 6.87. The van der Waals surface area contributed by atoms with E-state index in [1.807, 2.05) is 6.07 Å². The number of hydrogen-bond acceptors (Lipinski definition) is 1. The lowest BCUT2D eigenvalue weighted by atomic mass is 9.97. The summed E-state index contributed by atoms with van der Waals surface area (Å²) in [6.07, 6.45) is 7.87. The highest BCUT2D eigenvalue weighted by Gasteiger charge is 2.20. The summed E-state index contributed by atoms with van der Waals surface area (Å²) in [6, 6.07) is 13.6. The molecule has 0 amide bonds. The van der Waals surface area contributed by atoms with Gasteiger partial charge in [-0.15, -0.1) is 0 Å². The van der Waals surface area contributed by atoms with E-state index >= 15 is 0 Å². The standard InChI is InChI=1S/C22H24FNO/c1-2-24-14-13-17-15-16(11-12-21(17)24)19-9-6-10-20(23)22(19)25-18-7-4-3-5-8-18/h6,9-15,18H,2-5,7-8H2,1H3. The van der Waals surface area contributed by atoms with Crippen LogP contribution in [0.2, 0.25) is 0 Å². The van der Waals surface area contributed by atoms with Crippen molar-refractivity contribution >= 4 is 10.9 Å². The lowest BCUT2D eigenvalue weighted by Crippen LogP contribution is -2.20. The van der Waals surface area contributed by atoms with Crippen molar-refractivity contribution in [2.45, 2.75) is 51.7 Å². The first-order valence-corrected chi connectivity index (χ1v) is 9.30. The lowest BCUT2D eigenvalue weighted by Gasteiger charge is -2.24. The topological polar surface area (TPSA) is 14.2 Å². The van der Waals surface area contributed by atoms with Crippen molar-refractivity contribution in [2.24, 2.45) is 0 Å². The predicted molar refractivity (Wildman–Crippen MR) is 101 cm³/mol. The first kappa shape index (κ1) is 16.2. The van der Waals surface area contributed by atoms with E-state index in [2.05, 4.69) is 42.0 Å². The van der Waals surface area contributed by atoms with Crippen LogP contribution in [0.25, 0.3) is 22.0 Å². The van der Waals surface area contributed by atoms with Gasteiger partial charge in [0.05, 0.1) is 6.10 Å². The van der Waals surface area contributed by atoms with Crippen LogP contribution >= 0.6 is 0 Å². The molecule has 4 rings (SSSR count). The van der Waals surface area contributed by atoms with Crippen LogP contribution in [0.1, 0.15) is 39.0 Å². The van der Waals surface area contributed by atoms with Gasteiger partial charge in [0.2, 0.25) is 0 Å². The largest absolute Gasteiger partial charge is 0.487 e. The smallest absolute Gasteiger partial charge is 0.165 e. The third-order valence-corrected chi connectivity index (χ3v) is 5.23. The molecule has 0 radical (unpaired) electrons. The van der Waals surface area contributed by atoms with E-state index in [0.717, 1.165) is 30.5 Å². The summed E-state index contributed by atoms with van der Waals surface area (Å²) in [5.74, 6) is 0.137.